The molecule has 6 nitrogen and oxygen atoms in total. The molecule has 1 aliphatic rings. The van der Waals surface area contributed by atoms with Crippen LogP contribution in [-0.4, -0.2) is 49.1 Å². The van der Waals surface area contributed by atoms with Crippen molar-refractivity contribution in [3.8, 4) is 5.75 Å². The molecule has 0 bridgehead atoms. The van der Waals surface area contributed by atoms with Gasteiger partial charge >= 0.3 is 0 Å². The van der Waals surface area contributed by atoms with Gasteiger partial charge in [-0.2, -0.15) is 0 Å². The van der Waals surface area contributed by atoms with Crippen molar-refractivity contribution in [2.45, 2.75) is 45.4 Å². The molecule has 0 radical (unpaired) electrons. The van der Waals surface area contributed by atoms with Crippen LogP contribution in [0.15, 0.2) is 48.5 Å². The molecule has 2 aromatic rings. The second kappa shape index (κ2) is 10.3. The maximum atomic E-state index is 12.6. The maximum absolute atomic E-state index is 12.6. The minimum Gasteiger partial charge on any atom is -0.497 e. The first kappa shape index (κ1) is 21.8. The Morgan fingerprint density at radius 3 is 2.50 bits per heavy atom. The standard InChI is InChI=1S/C24H30N2O4/c1-17-7-9-20(10-8-17)24(28)26-13-11-21(12-14-26)25-23(27)18(2)30-16-19-5-4-6-22(15-19)29-3/h4-10,15,18,21H,11-14,16H2,1-3H3,(H,25,27). The van der Waals surface area contributed by atoms with Crippen LogP contribution < -0.4 is 10.1 Å². The van der Waals surface area contributed by atoms with Gasteiger partial charge in [-0.3, -0.25) is 9.59 Å². The summed E-state index contributed by atoms with van der Waals surface area (Å²) in [5, 5.41) is 3.06. The average Bonchev–Trinajstić information content (AvgIpc) is 2.78. The molecule has 6 heteroatoms. The summed E-state index contributed by atoms with van der Waals surface area (Å²) >= 11 is 0. The Labute approximate surface area is 178 Å². The van der Waals surface area contributed by atoms with E-state index in [4.69, 9.17) is 9.47 Å². The Morgan fingerprint density at radius 2 is 1.83 bits per heavy atom. The lowest BCUT2D eigenvalue weighted by Crippen LogP contribution is -2.48. The van der Waals surface area contributed by atoms with Crippen molar-refractivity contribution in [1.82, 2.24) is 10.2 Å². The van der Waals surface area contributed by atoms with Gasteiger partial charge in [0, 0.05) is 24.7 Å². The molecular formula is C24H30N2O4. The molecular weight excluding hydrogens is 380 g/mol. The van der Waals surface area contributed by atoms with Gasteiger partial charge < -0.3 is 19.7 Å². The second-order valence-corrected chi connectivity index (χ2v) is 7.75. The molecule has 1 aliphatic heterocycles. The molecule has 0 saturated carbocycles. The number of nitrogens with zero attached hydrogens (tertiary/aromatic N) is 1. The Hall–Kier alpha value is -2.86. The van der Waals surface area contributed by atoms with Crippen molar-refractivity contribution in [3.63, 3.8) is 0 Å². The molecule has 3 rings (SSSR count). The van der Waals surface area contributed by atoms with Crippen molar-refractivity contribution in [2.75, 3.05) is 20.2 Å². The molecule has 1 saturated heterocycles. The third-order valence-electron chi connectivity index (χ3n) is 5.43. The maximum Gasteiger partial charge on any atom is 0.253 e. The number of amides is 2. The van der Waals surface area contributed by atoms with E-state index in [1.54, 1.807) is 14.0 Å². The SMILES string of the molecule is COc1cccc(COC(C)C(=O)NC2CCN(C(=O)c3ccc(C)cc3)CC2)c1. The average molecular weight is 411 g/mol. The number of ether oxygens (including phenoxy) is 2. The number of methoxy groups -OCH3 is 1. The Kier molecular flexibility index (Phi) is 7.46. The molecule has 1 fully saturated rings. The van der Waals surface area contributed by atoms with Crippen molar-refractivity contribution in [3.05, 3.63) is 65.2 Å². The van der Waals surface area contributed by atoms with Crippen molar-refractivity contribution >= 4 is 11.8 Å². The summed E-state index contributed by atoms with van der Waals surface area (Å²) in [6.07, 6.45) is 0.932. The highest BCUT2D eigenvalue weighted by molar-refractivity contribution is 5.94. The van der Waals surface area contributed by atoms with E-state index >= 15 is 0 Å². The summed E-state index contributed by atoms with van der Waals surface area (Å²) < 4.78 is 10.9. The molecule has 1 heterocycles. The van der Waals surface area contributed by atoms with Crippen LogP contribution in [-0.2, 0) is 16.1 Å². The van der Waals surface area contributed by atoms with Gasteiger partial charge in [-0.05, 0) is 56.5 Å². The van der Waals surface area contributed by atoms with Gasteiger partial charge in [0.25, 0.3) is 5.91 Å². The first-order valence-electron chi connectivity index (χ1n) is 10.4. The van der Waals surface area contributed by atoms with E-state index in [-0.39, 0.29) is 17.9 Å². The number of carbonyl (C=O) groups is 2. The van der Waals surface area contributed by atoms with Crippen molar-refractivity contribution in [2.24, 2.45) is 0 Å². The van der Waals surface area contributed by atoms with Gasteiger partial charge in [0.1, 0.15) is 11.9 Å². The first-order chi connectivity index (χ1) is 14.5. The molecule has 0 spiro atoms. The van der Waals surface area contributed by atoms with Gasteiger partial charge in [-0.15, -0.1) is 0 Å². The molecule has 1 atom stereocenters. The lowest BCUT2D eigenvalue weighted by Gasteiger charge is -2.33. The van der Waals surface area contributed by atoms with Crippen LogP contribution in [0.4, 0.5) is 0 Å². The van der Waals surface area contributed by atoms with Crippen molar-refractivity contribution in [1.29, 1.82) is 0 Å². The van der Waals surface area contributed by atoms with Gasteiger partial charge in [0.2, 0.25) is 5.91 Å². The van der Waals surface area contributed by atoms with Crippen LogP contribution in [0.3, 0.4) is 0 Å². The zero-order valence-electron chi connectivity index (χ0n) is 17.9. The minimum atomic E-state index is -0.552. The van der Waals surface area contributed by atoms with Crippen LogP contribution in [0.1, 0.15) is 41.3 Å². The predicted octanol–water partition coefficient (Wildman–Crippen LogP) is 3.33. The predicted molar refractivity (Wildman–Crippen MR) is 115 cm³/mol. The molecule has 1 unspecified atom stereocenters. The van der Waals surface area contributed by atoms with Gasteiger partial charge in [-0.1, -0.05) is 29.8 Å². The summed E-state index contributed by atoms with van der Waals surface area (Å²) in [7, 11) is 1.62. The zero-order chi connectivity index (χ0) is 21.5. The number of nitrogens with one attached hydrogen (secondary N) is 1. The van der Waals surface area contributed by atoms with E-state index in [0.717, 1.165) is 29.7 Å². The number of aryl methyl sites for hydroxylation is 1. The van der Waals surface area contributed by atoms with Crippen LogP contribution in [0.2, 0.25) is 0 Å². The van der Waals surface area contributed by atoms with Crippen LogP contribution in [0, 0.1) is 6.92 Å². The number of piperidine rings is 1. The van der Waals surface area contributed by atoms with Crippen LogP contribution in [0.25, 0.3) is 0 Å². The number of carbonyl (C=O) groups excluding carboxylic acids is 2. The normalized spacial score (nSPS) is 15.5. The molecule has 30 heavy (non-hydrogen) atoms. The minimum absolute atomic E-state index is 0.0507. The summed E-state index contributed by atoms with van der Waals surface area (Å²) in [6.45, 7) is 5.37. The topological polar surface area (TPSA) is 67.9 Å². The summed E-state index contributed by atoms with van der Waals surface area (Å²) in [5.41, 5.74) is 2.80. The van der Waals surface area contributed by atoms with Gasteiger partial charge in [0.05, 0.1) is 13.7 Å². The zero-order valence-corrected chi connectivity index (χ0v) is 17.9. The van der Waals surface area contributed by atoms with E-state index in [9.17, 15) is 9.59 Å². The van der Waals surface area contributed by atoms with Crippen LogP contribution >= 0.6 is 0 Å². The third kappa shape index (κ3) is 5.83. The van der Waals surface area contributed by atoms with E-state index < -0.39 is 6.10 Å². The fourth-order valence-corrected chi connectivity index (χ4v) is 3.48. The lowest BCUT2D eigenvalue weighted by molar-refractivity contribution is -0.133. The Bertz CT molecular complexity index is 858. The molecule has 160 valence electrons. The van der Waals surface area contributed by atoms with E-state index in [1.165, 1.54) is 0 Å². The molecule has 2 amide bonds. The summed E-state index contributed by atoms with van der Waals surface area (Å²) in [4.78, 5) is 27.0. The number of benzene rings is 2. The number of rotatable bonds is 7. The highest BCUT2D eigenvalue weighted by Gasteiger charge is 2.26. The van der Waals surface area contributed by atoms with Crippen LogP contribution in [0.5, 0.6) is 5.75 Å². The fourth-order valence-electron chi connectivity index (χ4n) is 3.48. The summed E-state index contributed by atoms with van der Waals surface area (Å²) in [5.74, 6) is 0.691. The van der Waals surface area contributed by atoms with E-state index in [2.05, 4.69) is 5.32 Å². The Morgan fingerprint density at radius 1 is 1.13 bits per heavy atom. The Balaban J connectivity index is 1.43. The molecule has 1 N–H and O–H groups in total. The quantitative estimate of drug-likeness (QED) is 0.760. The number of hydrogen-bond donors (Lipinski definition) is 1. The highest BCUT2D eigenvalue weighted by atomic mass is 16.5. The first-order valence-corrected chi connectivity index (χ1v) is 10.4. The van der Waals surface area contributed by atoms with Gasteiger partial charge in [0.15, 0.2) is 0 Å². The number of likely N-dealkylation sites (tertiary alicyclic amines) is 1. The van der Waals surface area contributed by atoms with Gasteiger partial charge in [-0.25, -0.2) is 0 Å². The van der Waals surface area contributed by atoms with E-state index in [1.807, 2.05) is 60.4 Å². The highest BCUT2D eigenvalue weighted by Crippen LogP contribution is 2.16. The van der Waals surface area contributed by atoms with Crippen molar-refractivity contribution < 1.29 is 19.1 Å². The summed E-state index contributed by atoms with van der Waals surface area (Å²) in [6, 6.07) is 15.3. The monoisotopic (exact) mass is 410 g/mol. The third-order valence-corrected chi connectivity index (χ3v) is 5.43. The molecule has 2 aromatic carbocycles. The molecule has 0 aliphatic carbocycles. The fraction of sp³-hybridized carbons (Fsp3) is 0.417. The largest absolute Gasteiger partial charge is 0.497 e. The second-order valence-electron chi connectivity index (χ2n) is 7.75. The number of hydrogen-bond acceptors (Lipinski definition) is 4. The van der Waals surface area contributed by atoms with E-state index in [0.29, 0.717) is 25.3 Å². The smallest absolute Gasteiger partial charge is 0.253 e. The molecule has 0 aromatic heterocycles. The lowest BCUT2D eigenvalue weighted by atomic mass is 10.0.